The summed E-state index contributed by atoms with van der Waals surface area (Å²) in [7, 11) is 4.09. The Morgan fingerprint density at radius 1 is 1.18 bits per heavy atom. The van der Waals surface area contributed by atoms with Gasteiger partial charge in [-0.05, 0) is 68.1 Å². The number of esters is 1. The maximum atomic E-state index is 13.1. The largest absolute Gasteiger partial charge is 0.489 e. The van der Waals surface area contributed by atoms with E-state index < -0.39 is 5.60 Å². The van der Waals surface area contributed by atoms with Crippen LogP contribution in [0, 0.1) is 17.3 Å². The fourth-order valence-corrected chi connectivity index (χ4v) is 7.82. The number of rotatable bonds is 4. The number of allylic oxidation sites excluding steroid dienone is 4. The van der Waals surface area contributed by atoms with E-state index in [-0.39, 0.29) is 41.0 Å². The molecule has 6 heteroatoms. The molecule has 1 aromatic carbocycles. The van der Waals surface area contributed by atoms with E-state index in [0.29, 0.717) is 12.8 Å². The van der Waals surface area contributed by atoms with Crippen molar-refractivity contribution in [3.8, 4) is 0 Å². The minimum atomic E-state index is -0.714. The molecule has 0 amide bonds. The summed E-state index contributed by atoms with van der Waals surface area (Å²) >= 11 is 0. The quantitative estimate of drug-likeness (QED) is 0.514. The predicted molar refractivity (Wildman–Crippen MR) is 146 cm³/mol. The van der Waals surface area contributed by atoms with Crippen molar-refractivity contribution in [1.82, 2.24) is 9.88 Å². The number of carbonyl (C=O) groups is 2. The van der Waals surface area contributed by atoms with Crippen LogP contribution < -0.4 is 0 Å². The van der Waals surface area contributed by atoms with Crippen molar-refractivity contribution in [2.24, 2.45) is 17.3 Å². The van der Waals surface area contributed by atoms with Crippen LogP contribution in [0.15, 0.2) is 71.8 Å². The third-order valence-electron chi connectivity index (χ3n) is 9.11. The van der Waals surface area contributed by atoms with Gasteiger partial charge in [0.05, 0.1) is 5.57 Å². The average Bonchev–Trinajstić information content (AvgIpc) is 3.08. The van der Waals surface area contributed by atoms with Crippen molar-refractivity contribution in [3.63, 3.8) is 0 Å². The SMILES string of the molecule is CC(=O)OC1(C)C[C@H]2[C@@H]3OC4=C(C=C3C=C[C@]2(C)[C@H]1c1ccc2ccncc2c1)C(=O)CC(CN(C)C)C4. The Labute approximate surface area is 224 Å². The third kappa shape index (κ3) is 4.01. The molecule has 0 saturated heterocycles. The first-order chi connectivity index (χ1) is 18.1. The first-order valence-electron chi connectivity index (χ1n) is 13.6. The van der Waals surface area contributed by atoms with E-state index in [1.165, 1.54) is 6.92 Å². The van der Waals surface area contributed by atoms with Gasteiger partial charge in [0.2, 0.25) is 0 Å². The summed E-state index contributed by atoms with van der Waals surface area (Å²) in [5.74, 6) is 0.987. The molecule has 0 N–H and O–H groups in total. The Morgan fingerprint density at radius 3 is 2.76 bits per heavy atom. The van der Waals surface area contributed by atoms with Crippen molar-refractivity contribution >= 4 is 22.5 Å². The molecule has 2 unspecified atom stereocenters. The van der Waals surface area contributed by atoms with Gasteiger partial charge in [-0.3, -0.25) is 14.6 Å². The summed E-state index contributed by atoms with van der Waals surface area (Å²) in [5, 5.41) is 2.20. The number of aromatic nitrogens is 1. The summed E-state index contributed by atoms with van der Waals surface area (Å²) in [5.41, 5.74) is 1.88. The lowest BCUT2D eigenvalue weighted by molar-refractivity contribution is -0.157. The van der Waals surface area contributed by atoms with Crippen LogP contribution in [0.1, 0.15) is 51.5 Å². The molecule has 6 atom stereocenters. The molecule has 0 bridgehead atoms. The van der Waals surface area contributed by atoms with E-state index in [2.05, 4.69) is 60.2 Å². The first kappa shape index (κ1) is 25.1. The third-order valence-corrected chi connectivity index (χ3v) is 9.11. The summed E-state index contributed by atoms with van der Waals surface area (Å²) < 4.78 is 12.9. The molecule has 1 aliphatic heterocycles. The van der Waals surface area contributed by atoms with Crippen LogP contribution in [0.25, 0.3) is 10.8 Å². The molecular weight excluding hydrogens is 476 g/mol. The molecule has 198 valence electrons. The topological polar surface area (TPSA) is 68.7 Å². The van der Waals surface area contributed by atoms with Crippen LogP contribution in [0.4, 0.5) is 0 Å². The van der Waals surface area contributed by atoms with Gasteiger partial charge in [-0.25, -0.2) is 0 Å². The number of fused-ring (bicyclic) bond motifs is 4. The molecule has 0 spiro atoms. The van der Waals surface area contributed by atoms with Gasteiger partial charge >= 0.3 is 5.97 Å². The number of hydrogen-bond donors (Lipinski definition) is 0. The normalized spacial score (nSPS) is 33.9. The van der Waals surface area contributed by atoms with E-state index in [0.717, 1.165) is 46.2 Å². The van der Waals surface area contributed by atoms with Crippen LogP contribution >= 0.6 is 0 Å². The van der Waals surface area contributed by atoms with Gasteiger partial charge in [-0.2, -0.15) is 0 Å². The van der Waals surface area contributed by atoms with Crippen molar-refractivity contribution < 1.29 is 19.1 Å². The highest BCUT2D eigenvalue weighted by molar-refractivity contribution is 6.00. The minimum Gasteiger partial charge on any atom is -0.489 e. The number of benzene rings is 1. The van der Waals surface area contributed by atoms with E-state index in [9.17, 15) is 9.59 Å². The highest BCUT2D eigenvalue weighted by Crippen LogP contribution is 2.64. The van der Waals surface area contributed by atoms with Crippen LogP contribution in [-0.4, -0.2) is 54.0 Å². The first-order valence-corrected chi connectivity index (χ1v) is 13.6. The molecule has 38 heavy (non-hydrogen) atoms. The summed E-state index contributed by atoms with van der Waals surface area (Å²) in [4.78, 5) is 31.9. The van der Waals surface area contributed by atoms with Crippen LogP contribution in [0.3, 0.4) is 0 Å². The number of pyridine rings is 1. The zero-order valence-corrected chi connectivity index (χ0v) is 22.9. The second kappa shape index (κ2) is 8.91. The lowest BCUT2D eigenvalue weighted by Crippen LogP contribution is -2.42. The van der Waals surface area contributed by atoms with E-state index in [1.807, 2.05) is 26.4 Å². The molecular formula is C32H36N2O4. The van der Waals surface area contributed by atoms with Crippen molar-refractivity contribution in [3.05, 3.63) is 77.4 Å². The van der Waals surface area contributed by atoms with E-state index >= 15 is 0 Å². The van der Waals surface area contributed by atoms with Crippen molar-refractivity contribution in [2.75, 3.05) is 20.6 Å². The number of nitrogens with zero attached hydrogens (tertiary/aromatic N) is 2. The number of ketones is 1. The fourth-order valence-electron chi connectivity index (χ4n) is 7.82. The molecule has 4 aliphatic rings. The minimum absolute atomic E-state index is 0.0697. The number of hydrogen-bond acceptors (Lipinski definition) is 6. The predicted octanol–water partition coefficient (Wildman–Crippen LogP) is 5.36. The molecule has 2 aromatic rings. The van der Waals surface area contributed by atoms with E-state index in [4.69, 9.17) is 9.47 Å². The standard InChI is InChI=1S/C32H36N2O4/c1-19(35)38-32(3)16-26-29-22(15-25-27(36)12-20(18-34(4)5)13-28(25)37-29)8-10-31(26,2)30(32)23-7-6-21-9-11-33-17-24(21)14-23/h6-11,14-15,17,20,26,29-30H,12-13,16,18H2,1-5H3/t20?,26-,29+,30+,31-,32?/m0/s1. The summed E-state index contributed by atoms with van der Waals surface area (Å²) in [6, 6.07) is 8.49. The highest BCUT2D eigenvalue weighted by atomic mass is 16.6. The second-order valence-corrected chi connectivity index (χ2v) is 12.3. The second-order valence-electron chi connectivity index (χ2n) is 12.3. The van der Waals surface area contributed by atoms with Gasteiger partial charge < -0.3 is 14.4 Å². The monoisotopic (exact) mass is 512 g/mol. The van der Waals surface area contributed by atoms with Gasteiger partial charge in [-0.15, -0.1) is 0 Å². The molecule has 6 rings (SSSR count). The fraction of sp³-hybridized carbons (Fsp3) is 0.469. The molecule has 0 radical (unpaired) electrons. The van der Waals surface area contributed by atoms with Gasteiger partial charge in [-0.1, -0.05) is 31.2 Å². The Balaban J connectivity index is 1.41. The highest BCUT2D eigenvalue weighted by Gasteiger charge is 2.63. The number of carbonyl (C=O) groups excluding carboxylic acids is 2. The Hall–Kier alpha value is -3.25. The van der Waals surface area contributed by atoms with Gasteiger partial charge in [0.15, 0.2) is 5.78 Å². The number of ether oxygens (including phenoxy) is 2. The van der Waals surface area contributed by atoms with Crippen molar-refractivity contribution in [1.29, 1.82) is 0 Å². The molecule has 1 aromatic heterocycles. The molecule has 1 saturated carbocycles. The lowest BCUT2D eigenvalue weighted by atomic mass is 9.63. The Bertz CT molecular complexity index is 1420. The Kier molecular flexibility index (Phi) is 5.87. The van der Waals surface area contributed by atoms with Crippen molar-refractivity contribution in [2.45, 2.75) is 57.7 Å². The summed E-state index contributed by atoms with van der Waals surface area (Å²) in [6.07, 6.45) is 12.0. The molecule has 6 nitrogen and oxygen atoms in total. The number of Topliss-reactive ketones (excluding diaryl/α,β-unsaturated/α-hetero) is 1. The Morgan fingerprint density at radius 2 is 2.00 bits per heavy atom. The maximum Gasteiger partial charge on any atom is 0.303 e. The zero-order valence-electron chi connectivity index (χ0n) is 22.9. The molecule has 1 fully saturated rings. The summed E-state index contributed by atoms with van der Waals surface area (Å²) in [6.45, 7) is 6.69. The smallest absolute Gasteiger partial charge is 0.303 e. The van der Waals surface area contributed by atoms with Gasteiger partial charge in [0.25, 0.3) is 0 Å². The zero-order chi connectivity index (χ0) is 26.8. The van der Waals surface area contributed by atoms with Gasteiger partial charge in [0, 0.05) is 61.3 Å². The average molecular weight is 513 g/mol. The maximum absolute atomic E-state index is 13.1. The molecule has 2 heterocycles. The van der Waals surface area contributed by atoms with Crippen LogP contribution in [-0.2, 0) is 19.1 Å². The lowest BCUT2D eigenvalue weighted by Gasteiger charge is -2.45. The van der Waals surface area contributed by atoms with Crippen LogP contribution in [0.2, 0.25) is 0 Å². The van der Waals surface area contributed by atoms with E-state index in [1.54, 1.807) is 6.20 Å². The van der Waals surface area contributed by atoms with Crippen LogP contribution in [0.5, 0.6) is 0 Å². The molecule has 3 aliphatic carbocycles. The van der Waals surface area contributed by atoms with Gasteiger partial charge in [0.1, 0.15) is 17.5 Å².